The summed E-state index contributed by atoms with van der Waals surface area (Å²) in [6.07, 6.45) is 4.81. The molecule has 164 valence electrons. The van der Waals surface area contributed by atoms with Crippen molar-refractivity contribution in [2.45, 2.75) is 44.8 Å². The van der Waals surface area contributed by atoms with Gasteiger partial charge in [0.15, 0.2) is 6.10 Å². The van der Waals surface area contributed by atoms with Crippen LogP contribution in [0.15, 0.2) is 53.7 Å². The zero-order valence-electron chi connectivity index (χ0n) is 18.3. The topological polar surface area (TPSA) is 45.1 Å². The smallest absolute Gasteiger partial charge is 0.226 e. The molecule has 5 nitrogen and oxygen atoms in total. The van der Waals surface area contributed by atoms with Crippen LogP contribution in [0.4, 0.5) is 5.69 Å². The maximum absolute atomic E-state index is 13.3. The van der Waals surface area contributed by atoms with Crippen LogP contribution in [0, 0.1) is 5.92 Å². The average molecular weight is 440 g/mol. The highest BCUT2D eigenvalue weighted by Gasteiger charge is 2.31. The van der Waals surface area contributed by atoms with Crippen LogP contribution in [-0.2, 0) is 16.2 Å². The second-order valence-electron chi connectivity index (χ2n) is 8.74. The summed E-state index contributed by atoms with van der Waals surface area (Å²) in [6.45, 7) is 1.08. The first-order valence-corrected chi connectivity index (χ1v) is 11.4. The number of nitrogens with zero attached hydrogens (tertiary/aromatic N) is 3. The first kappa shape index (κ1) is 21.7. The van der Waals surface area contributed by atoms with Crippen LogP contribution in [0.5, 0.6) is 0 Å². The molecule has 6 heteroatoms. The Morgan fingerprint density at radius 2 is 1.87 bits per heavy atom. The van der Waals surface area contributed by atoms with Crippen molar-refractivity contribution in [3.05, 3.63) is 64.7 Å². The van der Waals surface area contributed by atoms with E-state index in [2.05, 4.69) is 34.3 Å². The number of amides is 1. The van der Waals surface area contributed by atoms with E-state index in [1.165, 1.54) is 0 Å². The van der Waals surface area contributed by atoms with E-state index in [4.69, 9.17) is 16.4 Å². The molecule has 1 atom stereocenters. The fourth-order valence-corrected chi connectivity index (χ4v) is 4.63. The Bertz CT molecular complexity index is 936. The van der Waals surface area contributed by atoms with Gasteiger partial charge in [-0.1, -0.05) is 53.9 Å². The normalized spacial score (nSPS) is 18.5. The van der Waals surface area contributed by atoms with Crippen LogP contribution in [0.25, 0.3) is 0 Å². The Hall–Kier alpha value is -2.53. The monoisotopic (exact) mass is 439 g/mol. The van der Waals surface area contributed by atoms with Crippen LogP contribution in [0.3, 0.4) is 0 Å². The number of benzene rings is 2. The molecule has 2 aliphatic rings. The van der Waals surface area contributed by atoms with Gasteiger partial charge >= 0.3 is 0 Å². The predicted octanol–water partition coefficient (Wildman–Crippen LogP) is 5.12. The number of anilines is 1. The second kappa shape index (κ2) is 9.73. The molecule has 0 saturated heterocycles. The standard InChI is InChI=1S/C25H30ClN3O2/c1-28(2)22-12-10-19(11-13-22)24-15-23(31-27-24)17-29(25(30)20-7-3-4-8-20)16-18-6-5-9-21(26)14-18/h5-6,9-14,20,23H,3-4,7-8,15-17H2,1-2H3/t23-/m0/s1. The van der Waals surface area contributed by atoms with Crippen LogP contribution >= 0.6 is 11.6 Å². The second-order valence-corrected chi connectivity index (χ2v) is 9.18. The Labute approximate surface area is 189 Å². The number of carbonyl (C=O) groups is 1. The fraction of sp³-hybridized carbons (Fsp3) is 0.440. The third kappa shape index (κ3) is 5.40. The quantitative estimate of drug-likeness (QED) is 0.601. The number of oxime groups is 1. The van der Waals surface area contributed by atoms with Crippen molar-refractivity contribution < 1.29 is 9.63 Å². The lowest BCUT2D eigenvalue weighted by Crippen LogP contribution is -2.40. The van der Waals surface area contributed by atoms with Gasteiger partial charge in [0.05, 0.1) is 12.3 Å². The number of hydrogen-bond donors (Lipinski definition) is 0. The summed E-state index contributed by atoms with van der Waals surface area (Å²) in [4.78, 5) is 23.0. The highest BCUT2D eigenvalue weighted by Crippen LogP contribution is 2.28. The SMILES string of the molecule is CN(C)c1ccc(C2=NO[C@H](CN(Cc3cccc(Cl)c3)C(=O)C3CCCC3)C2)cc1. The predicted molar refractivity (Wildman–Crippen MR) is 126 cm³/mol. The largest absolute Gasteiger partial charge is 0.390 e. The molecule has 1 aliphatic carbocycles. The molecule has 0 bridgehead atoms. The number of carbonyl (C=O) groups excluding carboxylic acids is 1. The molecule has 0 aromatic heterocycles. The molecule has 1 aliphatic heterocycles. The third-order valence-corrected chi connectivity index (χ3v) is 6.39. The Morgan fingerprint density at radius 3 is 2.55 bits per heavy atom. The minimum Gasteiger partial charge on any atom is -0.390 e. The van der Waals surface area contributed by atoms with Crippen molar-refractivity contribution in [1.82, 2.24) is 4.90 Å². The summed E-state index contributed by atoms with van der Waals surface area (Å²) in [6, 6.07) is 16.1. The Balaban J connectivity index is 1.43. The van der Waals surface area contributed by atoms with E-state index in [-0.39, 0.29) is 17.9 Å². The molecule has 1 amide bonds. The molecule has 4 rings (SSSR count). The van der Waals surface area contributed by atoms with E-state index in [9.17, 15) is 4.79 Å². The summed E-state index contributed by atoms with van der Waals surface area (Å²) in [7, 11) is 4.05. The van der Waals surface area contributed by atoms with Gasteiger partial charge in [0, 0.05) is 43.7 Å². The summed E-state index contributed by atoms with van der Waals surface area (Å²) in [5, 5.41) is 5.03. The molecule has 1 heterocycles. The van der Waals surface area contributed by atoms with E-state index in [1.54, 1.807) is 0 Å². The van der Waals surface area contributed by atoms with E-state index < -0.39 is 0 Å². The molecule has 2 aromatic rings. The van der Waals surface area contributed by atoms with Crippen LogP contribution in [0.1, 0.15) is 43.2 Å². The zero-order valence-corrected chi connectivity index (χ0v) is 19.0. The molecule has 31 heavy (non-hydrogen) atoms. The third-order valence-electron chi connectivity index (χ3n) is 6.15. The number of halogens is 1. The average Bonchev–Trinajstić information content (AvgIpc) is 3.45. The molecule has 2 aromatic carbocycles. The zero-order chi connectivity index (χ0) is 21.8. The van der Waals surface area contributed by atoms with Crippen molar-refractivity contribution in [2.75, 3.05) is 25.5 Å². The minimum absolute atomic E-state index is 0.125. The molecular weight excluding hydrogens is 410 g/mol. The van der Waals surface area contributed by atoms with Crippen molar-refractivity contribution in [3.63, 3.8) is 0 Å². The van der Waals surface area contributed by atoms with Crippen molar-refractivity contribution >= 4 is 28.9 Å². The van der Waals surface area contributed by atoms with Gasteiger partial charge in [0.1, 0.15) is 0 Å². The molecule has 0 spiro atoms. The van der Waals surface area contributed by atoms with Gasteiger partial charge in [-0.25, -0.2) is 0 Å². The summed E-state index contributed by atoms with van der Waals surface area (Å²) < 4.78 is 0. The van der Waals surface area contributed by atoms with Gasteiger partial charge in [-0.15, -0.1) is 0 Å². The fourth-order valence-electron chi connectivity index (χ4n) is 4.41. The van der Waals surface area contributed by atoms with Gasteiger partial charge in [0.2, 0.25) is 5.91 Å². The lowest BCUT2D eigenvalue weighted by molar-refractivity contribution is -0.137. The van der Waals surface area contributed by atoms with Crippen LogP contribution in [-0.4, -0.2) is 43.3 Å². The maximum Gasteiger partial charge on any atom is 0.226 e. The van der Waals surface area contributed by atoms with Gasteiger partial charge in [-0.3, -0.25) is 4.79 Å². The maximum atomic E-state index is 13.3. The summed E-state index contributed by atoms with van der Waals surface area (Å²) in [5.74, 6) is 0.351. The highest BCUT2D eigenvalue weighted by atomic mass is 35.5. The van der Waals surface area contributed by atoms with Crippen molar-refractivity contribution in [2.24, 2.45) is 11.1 Å². The molecule has 0 unspecified atom stereocenters. The Morgan fingerprint density at radius 1 is 1.13 bits per heavy atom. The van der Waals surface area contributed by atoms with Crippen molar-refractivity contribution in [1.29, 1.82) is 0 Å². The van der Waals surface area contributed by atoms with Gasteiger partial charge < -0.3 is 14.6 Å². The van der Waals surface area contributed by atoms with E-state index in [0.29, 0.717) is 24.5 Å². The van der Waals surface area contributed by atoms with Crippen LogP contribution < -0.4 is 4.90 Å². The first-order valence-electron chi connectivity index (χ1n) is 11.0. The number of rotatable bonds is 7. The molecule has 0 N–H and O–H groups in total. The van der Waals surface area contributed by atoms with E-state index in [1.807, 2.05) is 43.3 Å². The molecule has 0 radical (unpaired) electrons. The van der Waals surface area contributed by atoms with Crippen molar-refractivity contribution in [3.8, 4) is 0 Å². The summed E-state index contributed by atoms with van der Waals surface area (Å²) in [5.41, 5.74) is 4.19. The molecule has 1 saturated carbocycles. The van der Waals surface area contributed by atoms with Gasteiger partial charge in [-0.05, 0) is 48.2 Å². The summed E-state index contributed by atoms with van der Waals surface area (Å²) >= 11 is 6.17. The minimum atomic E-state index is -0.131. The highest BCUT2D eigenvalue weighted by molar-refractivity contribution is 6.30. The van der Waals surface area contributed by atoms with Gasteiger partial charge in [-0.2, -0.15) is 0 Å². The Kier molecular flexibility index (Phi) is 6.81. The van der Waals surface area contributed by atoms with E-state index in [0.717, 1.165) is 48.2 Å². The van der Waals surface area contributed by atoms with Crippen LogP contribution in [0.2, 0.25) is 5.02 Å². The number of hydrogen-bond acceptors (Lipinski definition) is 4. The molecular formula is C25H30ClN3O2. The lowest BCUT2D eigenvalue weighted by atomic mass is 10.0. The lowest BCUT2D eigenvalue weighted by Gasteiger charge is -2.27. The van der Waals surface area contributed by atoms with E-state index >= 15 is 0 Å². The first-order chi connectivity index (χ1) is 15.0. The van der Waals surface area contributed by atoms with Gasteiger partial charge in [0.25, 0.3) is 0 Å². The molecule has 1 fully saturated rings.